The second-order valence-corrected chi connectivity index (χ2v) is 8.67. The SMILES string of the molecule is Cc1ccc(S(=O)(=O)N(CCc2ccc(N)cc2)C(=O)c2ccc(N)cc2)cc1. The Morgan fingerprint density at radius 3 is 1.90 bits per heavy atom. The highest BCUT2D eigenvalue weighted by molar-refractivity contribution is 7.89. The molecule has 0 radical (unpaired) electrons. The van der Waals surface area contributed by atoms with Gasteiger partial charge in [-0.05, 0) is 67.4 Å². The molecule has 0 aromatic heterocycles. The zero-order chi connectivity index (χ0) is 21.0. The summed E-state index contributed by atoms with van der Waals surface area (Å²) in [5.74, 6) is -0.596. The van der Waals surface area contributed by atoms with Crippen LogP contribution < -0.4 is 11.5 Å². The second-order valence-electron chi connectivity index (χ2n) is 6.81. The molecule has 150 valence electrons. The maximum atomic E-state index is 13.3. The Bertz CT molecular complexity index is 1090. The molecule has 0 saturated carbocycles. The third kappa shape index (κ3) is 4.75. The molecule has 3 aromatic carbocycles. The monoisotopic (exact) mass is 409 g/mol. The van der Waals surface area contributed by atoms with E-state index in [0.717, 1.165) is 15.4 Å². The van der Waals surface area contributed by atoms with Gasteiger partial charge in [0.2, 0.25) is 0 Å². The molecule has 0 bridgehead atoms. The van der Waals surface area contributed by atoms with Crippen molar-refractivity contribution < 1.29 is 13.2 Å². The molecule has 0 aliphatic carbocycles. The van der Waals surface area contributed by atoms with E-state index < -0.39 is 15.9 Å². The summed E-state index contributed by atoms with van der Waals surface area (Å²) in [5.41, 5.74) is 14.6. The Hall–Kier alpha value is -3.32. The Balaban J connectivity index is 1.95. The van der Waals surface area contributed by atoms with Crippen molar-refractivity contribution in [3.63, 3.8) is 0 Å². The average Bonchev–Trinajstić information content (AvgIpc) is 2.70. The van der Waals surface area contributed by atoms with E-state index in [2.05, 4.69) is 0 Å². The third-order valence-electron chi connectivity index (χ3n) is 4.58. The fourth-order valence-electron chi connectivity index (χ4n) is 2.85. The van der Waals surface area contributed by atoms with Crippen LogP contribution in [-0.2, 0) is 16.4 Å². The van der Waals surface area contributed by atoms with E-state index in [1.807, 2.05) is 19.1 Å². The molecule has 0 unspecified atom stereocenters. The summed E-state index contributed by atoms with van der Waals surface area (Å²) in [6.45, 7) is 1.87. The van der Waals surface area contributed by atoms with Gasteiger partial charge in [-0.1, -0.05) is 29.8 Å². The lowest BCUT2D eigenvalue weighted by Crippen LogP contribution is -2.38. The lowest BCUT2D eigenvalue weighted by Gasteiger charge is -2.23. The molecule has 1 amide bonds. The number of hydrogen-bond acceptors (Lipinski definition) is 5. The van der Waals surface area contributed by atoms with Gasteiger partial charge >= 0.3 is 0 Å². The van der Waals surface area contributed by atoms with Gasteiger partial charge in [-0.3, -0.25) is 4.79 Å². The van der Waals surface area contributed by atoms with Gasteiger partial charge < -0.3 is 11.5 Å². The van der Waals surface area contributed by atoms with Crippen LogP contribution in [0.4, 0.5) is 11.4 Å². The lowest BCUT2D eigenvalue weighted by molar-refractivity contribution is 0.0862. The van der Waals surface area contributed by atoms with Crippen LogP contribution in [0.2, 0.25) is 0 Å². The molecule has 0 spiro atoms. The quantitative estimate of drug-likeness (QED) is 0.608. The van der Waals surface area contributed by atoms with Crippen molar-refractivity contribution in [2.75, 3.05) is 18.0 Å². The summed E-state index contributed by atoms with van der Waals surface area (Å²) in [7, 11) is -4.03. The smallest absolute Gasteiger partial charge is 0.267 e. The highest BCUT2D eigenvalue weighted by Crippen LogP contribution is 2.21. The first-order valence-electron chi connectivity index (χ1n) is 9.11. The van der Waals surface area contributed by atoms with Crippen LogP contribution in [0.1, 0.15) is 21.5 Å². The normalized spacial score (nSPS) is 11.2. The molecule has 7 heteroatoms. The van der Waals surface area contributed by atoms with E-state index in [1.165, 1.54) is 24.3 Å². The number of carbonyl (C=O) groups excluding carboxylic acids is 1. The van der Waals surface area contributed by atoms with Crippen molar-refractivity contribution in [2.45, 2.75) is 18.2 Å². The van der Waals surface area contributed by atoms with E-state index in [-0.39, 0.29) is 17.0 Å². The molecular formula is C22H23N3O3S. The van der Waals surface area contributed by atoms with Crippen molar-refractivity contribution >= 4 is 27.3 Å². The number of aryl methyl sites for hydroxylation is 1. The number of nitrogens with two attached hydrogens (primary N) is 2. The number of amides is 1. The first-order valence-corrected chi connectivity index (χ1v) is 10.5. The first-order chi connectivity index (χ1) is 13.8. The minimum absolute atomic E-state index is 0.00331. The Labute approximate surface area is 170 Å². The van der Waals surface area contributed by atoms with Crippen LogP contribution in [0.25, 0.3) is 0 Å². The summed E-state index contributed by atoms with van der Waals surface area (Å²) in [5, 5.41) is 0. The summed E-state index contributed by atoms with van der Waals surface area (Å²) >= 11 is 0. The maximum absolute atomic E-state index is 13.3. The summed E-state index contributed by atoms with van der Waals surface area (Å²) in [6, 6.07) is 19.8. The average molecular weight is 410 g/mol. The number of nitrogen functional groups attached to an aromatic ring is 2. The van der Waals surface area contributed by atoms with E-state index in [4.69, 9.17) is 11.5 Å². The summed E-state index contributed by atoms with van der Waals surface area (Å²) in [6.07, 6.45) is 0.367. The van der Waals surface area contributed by atoms with Gasteiger partial charge in [0.05, 0.1) is 4.90 Å². The van der Waals surface area contributed by atoms with Crippen molar-refractivity contribution in [2.24, 2.45) is 0 Å². The van der Waals surface area contributed by atoms with E-state index in [0.29, 0.717) is 17.8 Å². The molecule has 0 saturated heterocycles. The van der Waals surface area contributed by atoms with Crippen LogP contribution in [0.5, 0.6) is 0 Å². The van der Waals surface area contributed by atoms with Gasteiger partial charge in [-0.25, -0.2) is 12.7 Å². The van der Waals surface area contributed by atoms with Crippen LogP contribution >= 0.6 is 0 Å². The Morgan fingerprint density at radius 1 is 0.828 bits per heavy atom. The van der Waals surface area contributed by atoms with Gasteiger partial charge in [0.15, 0.2) is 0 Å². The standard InChI is InChI=1S/C22H23N3O3S/c1-16-2-12-21(13-3-16)29(27,28)25(15-14-17-4-8-19(23)9-5-17)22(26)18-6-10-20(24)11-7-18/h2-13H,14-15,23-24H2,1H3. The molecule has 0 fully saturated rings. The minimum Gasteiger partial charge on any atom is -0.399 e. The highest BCUT2D eigenvalue weighted by atomic mass is 32.2. The molecular weight excluding hydrogens is 386 g/mol. The summed E-state index contributed by atoms with van der Waals surface area (Å²) in [4.78, 5) is 13.2. The Kier molecular flexibility index (Phi) is 5.89. The van der Waals surface area contributed by atoms with Gasteiger partial charge in [0.1, 0.15) is 0 Å². The number of sulfonamides is 1. The maximum Gasteiger partial charge on any atom is 0.267 e. The second kappa shape index (κ2) is 8.36. The fourth-order valence-corrected chi connectivity index (χ4v) is 4.24. The van der Waals surface area contributed by atoms with E-state index in [9.17, 15) is 13.2 Å². The van der Waals surface area contributed by atoms with E-state index in [1.54, 1.807) is 36.4 Å². The molecule has 4 N–H and O–H groups in total. The van der Waals surface area contributed by atoms with Crippen molar-refractivity contribution in [1.82, 2.24) is 4.31 Å². The first kappa shape index (κ1) is 20.4. The lowest BCUT2D eigenvalue weighted by atomic mass is 10.1. The zero-order valence-corrected chi connectivity index (χ0v) is 16.9. The molecule has 3 rings (SSSR count). The number of rotatable bonds is 6. The number of nitrogens with zero attached hydrogens (tertiary/aromatic N) is 1. The molecule has 0 heterocycles. The van der Waals surface area contributed by atoms with Gasteiger partial charge in [0.25, 0.3) is 15.9 Å². The number of anilines is 2. The Morgan fingerprint density at radius 2 is 1.34 bits per heavy atom. The molecule has 0 aliphatic rings. The topological polar surface area (TPSA) is 106 Å². The van der Waals surface area contributed by atoms with Crippen LogP contribution in [0.15, 0.2) is 77.7 Å². The van der Waals surface area contributed by atoms with Crippen molar-refractivity contribution in [3.05, 3.63) is 89.5 Å². The predicted molar refractivity (Wildman–Crippen MR) is 115 cm³/mol. The fraction of sp³-hybridized carbons (Fsp3) is 0.136. The molecule has 29 heavy (non-hydrogen) atoms. The van der Waals surface area contributed by atoms with E-state index >= 15 is 0 Å². The van der Waals surface area contributed by atoms with Crippen molar-refractivity contribution in [3.8, 4) is 0 Å². The molecule has 0 aliphatic heterocycles. The highest BCUT2D eigenvalue weighted by Gasteiger charge is 2.29. The molecule has 6 nitrogen and oxygen atoms in total. The van der Waals surface area contributed by atoms with Gasteiger partial charge in [-0.15, -0.1) is 0 Å². The molecule has 3 aromatic rings. The number of hydrogen-bond donors (Lipinski definition) is 2. The van der Waals surface area contributed by atoms with Gasteiger partial charge in [0, 0.05) is 23.5 Å². The third-order valence-corrected chi connectivity index (χ3v) is 6.37. The van der Waals surface area contributed by atoms with Crippen LogP contribution in [-0.4, -0.2) is 25.2 Å². The summed E-state index contributed by atoms with van der Waals surface area (Å²) < 4.78 is 27.4. The van der Waals surface area contributed by atoms with Crippen LogP contribution in [0.3, 0.4) is 0 Å². The number of benzene rings is 3. The zero-order valence-electron chi connectivity index (χ0n) is 16.1. The van der Waals surface area contributed by atoms with Crippen LogP contribution in [0, 0.1) is 6.92 Å². The van der Waals surface area contributed by atoms with Crippen molar-refractivity contribution in [1.29, 1.82) is 0 Å². The number of carbonyl (C=O) groups is 1. The minimum atomic E-state index is -4.03. The molecule has 0 atom stereocenters. The predicted octanol–water partition coefficient (Wildman–Crippen LogP) is 3.23. The largest absolute Gasteiger partial charge is 0.399 e. The van der Waals surface area contributed by atoms with Gasteiger partial charge in [-0.2, -0.15) is 0 Å².